The number of nitrogens with one attached hydrogen (secondary N) is 2. The van der Waals surface area contributed by atoms with Gasteiger partial charge in [-0.1, -0.05) is 12.2 Å². The number of nitrogens with zero attached hydrogens (tertiary/aromatic N) is 4. The first kappa shape index (κ1) is 22.6. The normalized spacial score (nSPS) is 45.4. The number of nitrogens with two attached hydrogens (primary N) is 2. The molecule has 11 atom stereocenters. The first-order chi connectivity index (χ1) is 18.0. The monoisotopic (exact) mass is 528 g/mol. The zero-order valence-corrected chi connectivity index (χ0v) is 20.7. The van der Waals surface area contributed by atoms with Crippen LogP contribution in [0.4, 0.5) is 16.0 Å². The molecule has 0 radical (unpaired) electrons. The van der Waals surface area contributed by atoms with Crippen molar-refractivity contribution >= 4 is 20.9 Å². The van der Waals surface area contributed by atoms with Gasteiger partial charge in [-0.2, -0.15) is 0 Å². The lowest BCUT2D eigenvalue weighted by Crippen LogP contribution is -2.42. The molecular formula is C23H26FN8O4P. The van der Waals surface area contributed by atoms with Gasteiger partial charge in [0.25, 0.3) is 0 Å². The summed E-state index contributed by atoms with van der Waals surface area (Å²) in [5.41, 5.74) is 12.8. The second-order valence-corrected chi connectivity index (χ2v) is 11.0. The molecule has 194 valence electrons. The molecule has 2 aromatic heterocycles. The van der Waals surface area contributed by atoms with Crippen molar-refractivity contribution in [3.63, 3.8) is 0 Å². The van der Waals surface area contributed by atoms with Crippen molar-refractivity contribution in [3.05, 3.63) is 47.3 Å². The van der Waals surface area contributed by atoms with Crippen LogP contribution in [0, 0.1) is 11.8 Å². The summed E-state index contributed by atoms with van der Waals surface area (Å²) in [5, 5.41) is 6.66. The number of aromatic nitrogens is 4. The Labute approximate surface area is 213 Å². The summed E-state index contributed by atoms with van der Waals surface area (Å²) in [6.45, 7) is 1.04. The smallest absolute Gasteiger partial charge is 0.170 e. The lowest BCUT2D eigenvalue weighted by atomic mass is 9.92. The highest BCUT2D eigenvalue weighted by Crippen LogP contribution is 2.67. The van der Waals surface area contributed by atoms with Crippen LogP contribution in [-0.2, 0) is 30.1 Å². The van der Waals surface area contributed by atoms with Crippen LogP contribution in [0.2, 0.25) is 0 Å². The molecule has 2 spiro atoms. The fraction of sp³-hybridized carbons (Fsp3) is 0.565. The Morgan fingerprint density at radius 3 is 2.32 bits per heavy atom. The van der Waals surface area contributed by atoms with Crippen LogP contribution < -0.4 is 22.1 Å². The predicted molar refractivity (Wildman–Crippen MR) is 130 cm³/mol. The Hall–Kier alpha value is -2.38. The van der Waals surface area contributed by atoms with E-state index in [9.17, 15) is 0 Å². The van der Waals surface area contributed by atoms with Crippen LogP contribution >= 0.6 is 9.24 Å². The Morgan fingerprint density at radius 2 is 1.57 bits per heavy atom. The quantitative estimate of drug-likeness (QED) is 0.268. The van der Waals surface area contributed by atoms with Gasteiger partial charge in [0, 0.05) is 24.7 Å². The maximum absolute atomic E-state index is 16.0. The number of hydrogen-bond acceptors (Lipinski definition) is 12. The Bertz CT molecular complexity index is 1340. The first-order valence-electron chi connectivity index (χ1n) is 12.4. The third-order valence-electron chi connectivity index (χ3n) is 8.39. The number of fused-ring (bicyclic) bond motifs is 1. The topological polar surface area (TPSA) is 165 Å². The highest BCUT2D eigenvalue weighted by molar-refractivity contribution is 7.17. The van der Waals surface area contributed by atoms with Gasteiger partial charge < -0.3 is 41.0 Å². The lowest BCUT2D eigenvalue weighted by Gasteiger charge is -2.31. The molecule has 3 saturated heterocycles. The molecule has 6 aliphatic rings. The van der Waals surface area contributed by atoms with Crippen LogP contribution in [0.25, 0.3) is 0 Å². The molecular weight excluding hydrogens is 502 g/mol. The van der Waals surface area contributed by atoms with E-state index in [4.69, 9.17) is 30.4 Å². The highest BCUT2D eigenvalue weighted by atomic mass is 31.0. The van der Waals surface area contributed by atoms with Gasteiger partial charge in [-0.3, -0.25) is 0 Å². The summed E-state index contributed by atoms with van der Waals surface area (Å²) >= 11 is 0. The van der Waals surface area contributed by atoms with Crippen LogP contribution in [0.15, 0.2) is 24.8 Å². The van der Waals surface area contributed by atoms with Crippen LogP contribution in [-0.4, -0.2) is 69.9 Å². The van der Waals surface area contributed by atoms with E-state index in [1.54, 1.807) is 0 Å². The number of anilines is 2. The van der Waals surface area contributed by atoms with Crippen molar-refractivity contribution < 1.29 is 23.3 Å². The van der Waals surface area contributed by atoms with Crippen molar-refractivity contribution in [2.45, 2.75) is 54.5 Å². The second kappa shape index (κ2) is 7.60. The molecule has 8 unspecified atom stereocenters. The number of ether oxygens (including phenoxy) is 4. The van der Waals surface area contributed by atoms with E-state index in [1.165, 1.54) is 12.7 Å². The zero-order valence-electron chi connectivity index (χ0n) is 19.6. The minimum absolute atomic E-state index is 0.154. The molecule has 2 aromatic rings. The molecule has 0 aromatic carbocycles. The summed E-state index contributed by atoms with van der Waals surface area (Å²) in [6, 6.07) is 0. The van der Waals surface area contributed by atoms with E-state index >= 15 is 4.39 Å². The highest BCUT2D eigenvalue weighted by Gasteiger charge is 2.74. The SMILES string of the molecule is NC1OC2OC34C[C@@H]5C(OC(N)[C@@H]5P)OC5(c6ncnc(c65)NC/C=C/CNc5ncnc3c54)C2[C@H]1F. The molecule has 6 N–H and O–H groups in total. The van der Waals surface area contributed by atoms with E-state index in [1.807, 2.05) is 12.2 Å². The molecule has 4 aliphatic heterocycles. The molecule has 3 fully saturated rings. The molecule has 14 heteroatoms. The largest absolute Gasteiger partial charge is 0.366 e. The van der Waals surface area contributed by atoms with Gasteiger partial charge in [0.1, 0.15) is 42.3 Å². The van der Waals surface area contributed by atoms with Crippen molar-refractivity contribution in [2.24, 2.45) is 23.3 Å². The number of hydrogen-bond donors (Lipinski definition) is 4. The minimum atomic E-state index is -1.61. The van der Waals surface area contributed by atoms with Crippen molar-refractivity contribution in [1.29, 1.82) is 0 Å². The fourth-order valence-corrected chi connectivity index (χ4v) is 6.94. The van der Waals surface area contributed by atoms with E-state index in [2.05, 4.69) is 39.8 Å². The molecule has 2 bridgehead atoms. The molecule has 8 rings (SSSR count). The van der Waals surface area contributed by atoms with Gasteiger partial charge in [0.05, 0.1) is 28.4 Å². The third-order valence-corrected chi connectivity index (χ3v) is 9.26. The molecule has 0 saturated carbocycles. The van der Waals surface area contributed by atoms with Gasteiger partial charge in [-0.25, -0.2) is 24.3 Å². The van der Waals surface area contributed by atoms with Crippen LogP contribution in [0.3, 0.4) is 0 Å². The zero-order chi connectivity index (χ0) is 25.1. The van der Waals surface area contributed by atoms with Gasteiger partial charge in [0.15, 0.2) is 24.4 Å². The van der Waals surface area contributed by atoms with E-state index in [0.29, 0.717) is 42.4 Å². The molecule has 2 aliphatic carbocycles. The minimum Gasteiger partial charge on any atom is -0.366 e. The van der Waals surface area contributed by atoms with Crippen LogP contribution in [0.5, 0.6) is 0 Å². The van der Waals surface area contributed by atoms with Gasteiger partial charge in [-0.15, -0.1) is 9.24 Å². The average molecular weight is 528 g/mol. The van der Waals surface area contributed by atoms with Crippen LogP contribution in [0.1, 0.15) is 28.9 Å². The van der Waals surface area contributed by atoms with Gasteiger partial charge >= 0.3 is 0 Å². The molecule has 6 heterocycles. The average Bonchev–Trinajstić information content (AvgIpc) is 3.65. The molecule has 37 heavy (non-hydrogen) atoms. The number of rotatable bonds is 0. The molecule has 0 amide bonds. The van der Waals surface area contributed by atoms with E-state index < -0.39 is 48.3 Å². The molecule has 12 nitrogen and oxygen atoms in total. The Morgan fingerprint density at radius 1 is 0.892 bits per heavy atom. The predicted octanol–water partition coefficient (Wildman–Crippen LogP) is 0.00770. The summed E-state index contributed by atoms with van der Waals surface area (Å²) in [6.07, 6.45) is 2.11. The maximum Gasteiger partial charge on any atom is 0.170 e. The van der Waals surface area contributed by atoms with Crippen molar-refractivity contribution in [1.82, 2.24) is 19.9 Å². The Kier molecular flexibility index (Phi) is 4.64. The first-order valence-corrected chi connectivity index (χ1v) is 13.0. The van der Waals surface area contributed by atoms with E-state index in [-0.39, 0.29) is 11.6 Å². The summed E-state index contributed by atoms with van der Waals surface area (Å²) in [7, 11) is 2.78. The lowest BCUT2D eigenvalue weighted by molar-refractivity contribution is -0.232. The second-order valence-electron chi connectivity index (χ2n) is 10.3. The van der Waals surface area contributed by atoms with Gasteiger partial charge in [0.2, 0.25) is 0 Å². The van der Waals surface area contributed by atoms with Crippen molar-refractivity contribution in [3.8, 4) is 0 Å². The summed E-state index contributed by atoms with van der Waals surface area (Å²) < 4.78 is 41.7. The Balaban J connectivity index is 1.35. The number of halogens is 1. The standard InChI is InChI=1S/C23H26FN8O4P/c24-12-9-21(33-16(12)25)35-22-5-8-13(37)17(26)34-20(8)36-23(9)11-15(23)30-7-32-19(11)28-4-2-1-3-27-18-10(22)14(22)29-6-31-18/h1-2,6-9,12-13,16-17,20-21H,3-5,25-26,37H2,(H,27,29,31)(H,28,30,32)/b2-1+/t8-,9?,12+,13+,16?,17?,20?,21?,22?,23?/m0/s1. The van der Waals surface area contributed by atoms with E-state index in [0.717, 1.165) is 11.3 Å². The summed E-state index contributed by atoms with van der Waals surface area (Å²) in [4.78, 5) is 18.0. The van der Waals surface area contributed by atoms with Gasteiger partial charge in [-0.05, 0) is 6.42 Å². The maximum atomic E-state index is 16.0. The van der Waals surface area contributed by atoms with Crippen molar-refractivity contribution in [2.75, 3.05) is 23.7 Å². The third kappa shape index (κ3) is 2.90. The summed E-state index contributed by atoms with van der Waals surface area (Å²) in [5.74, 6) is 0.0223. The fourth-order valence-electron chi connectivity index (χ4n) is 6.54. The number of alkyl halides is 1.